The van der Waals surface area contributed by atoms with E-state index in [-0.39, 0.29) is 37.6 Å². The van der Waals surface area contributed by atoms with Gasteiger partial charge in [0.2, 0.25) is 0 Å². The third-order valence-corrected chi connectivity index (χ3v) is 4.77. The number of carbonyl (C=O) groups excluding carboxylic acids is 1. The molecule has 1 N–H and O–H groups in total. The van der Waals surface area contributed by atoms with Crippen molar-refractivity contribution in [1.82, 2.24) is 5.06 Å². The van der Waals surface area contributed by atoms with E-state index in [9.17, 15) is 4.79 Å². The third kappa shape index (κ3) is 5.25. The largest absolute Gasteiger partial charge is 0.454 e. The Balaban J connectivity index is 1.61. The molecule has 0 amide bonds. The normalized spacial score (nSPS) is 27.6. The van der Waals surface area contributed by atoms with Gasteiger partial charge in [-0.3, -0.25) is 4.84 Å². The van der Waals surface area contributed by atoms with E-state index >= 15 is 0 Å². The molecule has 150 valence electrons. The first kappa shape index (κ1) is 20.2. The Kier molecular flexibility index (Phi) is 7.57. The van der Waals surface area contributed by atoms with Crippen molar-refractivity contribution in [3.05, 3.63) is 35.9 Å². The molecule has 2 heterocycles. The lowest BCUT2D eigenvalue weighted by Gasteiger charge is -2.23. The zero-order chi connectivity index (χ0) is 19.1. The van der Waals surface area contributed by atoms with Crippen LogP contribution in [0.1, 0.15) is 23.2 Å². The standard InChI is InChI=1S/C19H27NO7/c1-23-9-10-24-13-25-17-12-20-16(11-15(27-20)7-8-21)18(17)26-19(22)14-5-3-2-4-6-14/h2-6,15-18,21H,7-13H2,1H3/t15-,16-,17+,18-/m1/s1. The van der Waals surface area contributed by atoms with Crippen molar-refractivity contribution >= 4 is 5.97 Å². The van der Waals surface area contributed by atoms with E-state index < -0.39 is 6.10 Å². The Hall–Kier alpha value is -1.55. The van der Waals surface area contributed by atoms with Crippen LogP contribution < -0.4 is 0 Å². The molecule has 2 aliphatic rings. The van der Waals surface area contributed by atoms with Gasteiger partial charge in [-0.25, -0.2) is 4.79 Å². The molecule has 1 aromatic carbocycles. The second kappa shape index (κ2) is 10.1. The molecule has 0 unspecified atom stereocenters. The number of fused-ring (bicyclic) bond motifs is 1. The van der Waals surface area contributed by atoms with E-state index in [0.29, 0.717) is 38.2 Å². The Morgan fingerprint density at radius 3 is 2.85 bits per heavy atom. The number of methoxy groups -OCH3 is 1. The minimum Gasteiger partial charge on any atom is -0.454 e. The summed E-state index contributed by atoms with van der Waals surface area (Å²) in [6, 6.07) is 8.78. The van der Waals surface area contributed by atoms with E-state index in [4.69, 9.17) is 28.9 Å². The van der Waals surface area contributed by atoms with Crippen molar-refractivity contribution in [3.8, 4) is 0 Å². The highest BCUT2D eigenvalue weighted by Crippen LogP contribution is 2.35. The zero-order valence-electron chi connectivity index (χ0n) is 15.5. The number of esters is 1. The van der Waals surface area contributed by atoms with E-state index in [1.165, 1.54) is 0 Å². The number of hydrogen-bond donors (Lipinski definition) is 1. The molecule has 0 radical (unpaired) electrons. The quantitative estimate of drug-likeness (QED) is 0.365. The van der Waals surface area contributed by atoms with Crippen molar-refractivity contribution in [2.24, 2.45) is 0 Å². The summed E-state index contributed by atoms with van der Waals surface area (Å²) in [7, 11) is 1.61. The SMILES string of the molecule is COCCOCO[C@H]1CN2O[C@H](CCO)C[C@@H]2[C@H]1OC(=O)c1ccccc1. The number of benzene rings is 1. The Morgan fingerprint density at radius 2 is 2.11 bits per heavy atom. The zero-order valence-corrected chi connectivity index (χ0v) is 15.5. The van der Waals surface area contributed by atoms with Crippen molar-refractivity contribution in [2.75, 3.05) is 40.3 Å². The number of aliphatic hydroxyl groups excluding tert-OH is 1. The van der Waals surface area contributed by atoms with Gasteiger partial charge in [-0.05, 0) is 25.0 Å². The van der Waals surface area contributed by atoms with Crippen LogP contribution in [-0.4, -0.2) is 80.8 Å². The lowest BCUT2D eigenvalue weighted by molar-refractivity contribution is -0.164. The Labute approximate surface area is 158 Å². The van der Waals surface area contributed by atoms with Gasteiger partial charge in [-0.1, -0.05) is 18.2 Å². The predicted octanol–water partition coefficient (Wildman–Crippen LogP) is 0.988. The van der Waals surface area contributed by atoms with Gasteiger partial charge in [0.15, 0.2) is 0 Å². The molecule has 0 spiro atoms. The second-order valence-corrected chi connectivity index (χ2v) is 6.60. The van der Waals surface area contributed by atoms with Crippen molar-refractivity contribution in [2.45, 2.75) is 37.2 Å². The Bertz CT molecular complexity index is 585. The predicted molar refractivity (Wildman–Crippen MR) is 94.9 cm³/mol. The molecule has 0 aromatic heterocycles. The molecule has 3 rings (SSSR count). The molecule has 2 aliphatic heterocycles. The van der Waals surface area contributed by atoms with Crippen LogP contribution in [0.5, 0.6) is 0 Å². The molecule has 4 atom stereocenters. The van der Waals surface area contributed by atoms with Gasteiger partial charge >= 0.3 is 5.97 Å². The summed E-state index contributed by atoms with van der Waals surface area (Å²) < 4.78 is 21.9. The lowest BCUT2D eigenvalue weighted by Crippen LogP contribution is -2.38. The number of nitrogens with zero attached hydrogens (tertiary/aromatic N) is 1. The summed E-state index contributed by atoms with van der Waals surface area (Å²) in [6.45, 7) is 1.55. The molecule has 2 fully saturated rings. The number of aliphatic hydroxyl groups is 1. The average molecular weight is 381 g/mol. The molecular weight excluding hydrogens is 354 g/mol. The maximum Gasteiger partial charge on any atom is 0.338 e. The van der Waals surface area contributed by atoms with Crippen molar-refractivity contribution in [1.29, 1.82) is 0 Å². The van der Waals surface area contributed by atoms with Gasteiger partial charge in [0.05, 0.1) is 37.5 Å². The molecule has 0 bridgehead atoms. The summed E-state index contributed by atoms with van der Waals surface area (Å²) in [6.07, 6.45) is 0.347. The molecule has 1 aromatic rings. The highest BCUT2D eigenvalue weighted by Gasteiger charge is 2.51. The molecular formula is C19H27NO7. The maximum atomic E-state index is 12.5. The van der Waals surface area contributed by atoms with Crippen LogP contribution in [-0.2, 0) is 23.8 Å². The molecule has 2 saturated heterocycles. The summed E-state index contributed by atoms with van der Waals surface area (Å²) in [5.74, 6) is -0.387. The van der Waals surface area contributed by atoms with Gasteiger partial charge in [0.25, 0.3) is 0 Å². The van der Waals surface area contributed by atoms with E-state index in [1.54, 1.807) is 31.4 Å². The number of rotatable bonds is 10. The summed E-state index contributed by atoms with van der Waals surface area (Å²) in [4.78, 5) is 18.4. The first-order valence-electron chi connectivity index (χ1n) is 9.21. The second-order valence-electron chi connectivity index (χ2n) is 6.60. The molecule has 8 nitrogen and oxygen atoms in total. The van der Waals surface area contributed by atoms with Crippen LogP contribution >= 0.6 is 0 Å². The van der Waals surface area contributed by atoms with Crippen molar-refractivity contribution in [3.63, 3.8) is 0 Å². The summed E-state index contributed by atoms with van der Waals surface area (Å²) in [5, 5.41) is 11.0. The van der Waals surface area contributed by atoms with Crippen LogP contribution in [0.15, 0.2) is 30.3 Å². The fraction of sp³-hybridized carbons (Fsp3) is 0.632. The van der Waals surface area contributed by atoms with Gasteiger partial charge in [0.1, 0.15) is 19.0 Å². The van der Waals surface area contributed by atoms with Gasteiger partial charge < -0.3 is 24.1 Å². The van der Waals surface area contributed by atoms with Crippen LogP contribution in [0.4, 0.5) is 0 Å². The summed E-state index contributed by atoms with van der Waals surface area (Å²) in [5.41, 5.74) is 0.497. The van der Waals surface area contributed by atoms with Crippen LogP contribution in [0, 0.1) is 0 Å². The fourth-order valence-electron chi connectivity index (χ4n) is 3.42. The topological polar surface area (TPSA) is 86.7 Å². The average Bonchev–Trinajstić information content (AvgIpc) is 3.21. The van der Waals surface area contributed by atoms with Crippen LogP contribution in [0.3, 0.4) is 0 Å². The molecule has 0 saturated carbocycles. The first-order valence-corrected chi connectivity index (χ1v) is 9.21. The Morgan fingerprint density at radius 1 is 1.30 bits per heavy atom. The van der Waals surface area contributed by atoms with Gasteiger partial charge in [-0.2, -0.15) is 5.06 Å². The number of hydroxylamine groups is 2. The molecule has 0 aliphatic carbocycles. The highest BCUT2D eigenvalue weighted by atomic mass is 16.7. The van der Waals surface area contributed by atoms with E-state index in [1.807, 2.05) is 11.1 Å². The molecule has 27 heavy (non-hydrogen) atoms. The number of carbonyl (C=O) groups is 1. The highest BCUT2D eigenvalue weighted by molar-refractivity contribution is 5.89. The van der Waals surface area contributed by atoms with Crippen molar-refractivity contribution < 1.29 is 33.7 Å². The monoisotopic (exact) mass is 381 g/mol. The fourth-order valence-corrected chi connectivity index (χ4v) is 3.42. The first-order chi connectivity index (χ1) is 13.2. The van der Waals surface area contributed by atoms with E-state index in [2.05, 4.69) is 0 Å². The maximum absolute atomic E-state index is 12.5. The number of hydrogen-bond acceptors (Lipinski definition) is 8. The smallest absolute Gasteiger partial charge is 0.338 e. The van der Waals surface area contributed by atoms with Crippen LogP contribution in [0.2, 0.25) is 0 Å². The molecule has 8 heteroatoms. The van der Waals surface area contributed by atoms with Gasteiger partial charge in [0, 0.05) is 13.7 Å². The van der Waals surface area contributed by atoms with Gasteiger partial charge in [-0.15, -0.1) is 0 Å². The van der Waals surface area contributed by atoms with Crippen LogP contribution in [0.25, 0.3) is 0 Å². The lowest BCUT2D eigenvalue weighted by atomic mass is 10.0. The minimum absolute atomic E-state index is 0.0625. The van der Waals surface area contributed by atoms with E-state index in [0.717, 1.165) is 0 Å². The number of ether oxygens (including phenoxy) is 4. The minimum atomic E-state index is -0.465. The third-order valence-electron chi connectivity index (χ3n) is 4.77. The summed E-state index contributed by atoms with van der Waals surface area (Å²) >= 11 is 0.